The fourth-order valence-electron chi connectivity index (χ4n) is 2.77. The first-order valence-corrected chi connectivity index (χ1v) is 9.36. The molecule has 0 saturated carbocycles. The summed E-state index contributed by atoms with van der Waals surface area (Å²) in [5, 5.41) is 1.97. The average molecular weight is 331 g/mol. The maximum atomic E-state index is 12.6. The lowest BCUT2D eigenvalue weighted by atomic mass is 10.1. The van der Waals surface area contributed by atoms with E-state index in [1.54, 1.807) is 16.2 Å². The molecule has 2 saturated heterocycles. The molecule has 2 fully saturated rings. The Balaban J connectivity index is 1.73. The number of sulfone groups is 1. The minimum Gasteiger partial charge on any atom is -0.369 e. The van der Waals surface area contributed by atoms with Crippen LogP contribution in [0.2, 0.25) is 0 Å². The van der Waals surface area contributed by atoms with E-state index in [1.165, 1.54) is 7.11 Å². The number of ether oxygens (including phenoxy) is 2. The van der Waals surface area contributed by atoms with Gasteiger partial charge in [-0.15, -0.1) is 11.3 Å². The summed E-state index contributed by atoms with van der Waals surface area (Å²) in [6.45, 7) is 1.34. The van der Waals surface area contributed by atoms with Crippen LogP contribution in [0, 0.1) is 0 Å². The fraction of sp³-hybridized carbons (Fsp3) is 0.615. The Bertz CT molecular complexity index is 613. The molecule has 2 aliphatic heterocycles. The zero-order valence-corrected chi connectivity index (χ0v) is 13.3. The maximum absolute atomic E-state index is 12.6. The normalized spacial score (nSPS) is 27.1. The van der Waals surface area contributed by atoms with Gasteiger partial charge in [-0.3, -0.25) is 4.79 Å². The molecule has 1 aromatic rings. The highest BCUT2D eigenvalue weighted by Gasteiger charge is 2.56. The Kier molecular flexibility index (Phi) is 3.81. The third-order valence-electron chi connectivity index (χ3n) is 3.90. The lowest BCUT2D eigenvalue weighted by Gasteiger charge is -2.43. The van der Waals surface area contributed by atoms with Crippen LogP contribution in [0.5, 0.6) is 0 Å². The van der Waals surface area contributed by atoms with Gasteiger partial charge in [0.2, 0.25) is 0 Å². The number of morpholine rings is 1. The lowest BCUT2D eigenvalue weighted by molar-refractivity contribution is -0.159. The molecule has 0 N–H and O–H groups in total. The summed E-state index contributed by atoms with van der Waals surface area (Å²) in [5.74, 6) is -0.697. The van der Waals surface area contributed by atoms with Crippen LogP contribution in [-0.4, -0.2) is 63.1 Å². The van der Waals surface area contributed by atoms with E-state index in [9.17, 15) is 13.2 Å². The SMILES string of the molecule is COC1(C(=O)N2CCOC(c3cccs3)C2)CS(=O)(=O)C1. The Morgan fingerprint density at radius 3 is 2.86 bits per heavy atom. The average Bonchev–Trinajstić information content (AvgIpc) is 2.98. The van der Waals surface area contributed by atoms with Crippen LogP contribution in [0.4, 0.5) is 0 Å². The van der Waals surface area contributed by atoms with Crippen molar-refractivity contribution in [3.63, 3.8) is 0 Å². The van der Waals surface area contributed by atoms with Gasteiger partial charge in [0.25, 0.3) is 5.91 Å². The predicted molar refractivity (Wildman–Crippen MR) is 78.0 cm³/mol. The lowest BCUT2D eigenvalue weighted by Crippen LogP contribution is -2.66. The molecule has 1 atom stereocenters. The number of nitrogens with zero attached hydrogens (tertiary/aromatic N) is 1. The number of rotatable bonds is 3. The van der Waals surface area contributed by atoms with Crippen molar-refractivity contribution in [2.75, 3.05) is 38.3 Å². The van der Waals surface area contributed by atoms with Crippen molar-refractivity contribution in [2.24, 2.45) is 0 Å². The van der Waals surface area contributed by atoms with Crippen LogP contribution < -0.4 is 0 Å². The minimum atomic E-state index is -3.14. The summed E-state index contributed by atoms with van der Waals surface area (Å²) in [6, 6.07) is 3.92. The third-order valence-corrected chi connectivity index (χ3v) is 6.68. The number of carbonyl (C=O) groups excluding carboxylic acids is 1. The molecule has 1 aromatic heterocycles. The Hall–Kier alpha value is -0.960. The molecule has 1 amide bonds. The largest absolute Gasteiger partial charge is 0.369 e. The summed E-state index contributed by atoms with van der Waals surface area (Å²) in [5.41, 5.74) is -1.20. The van der Waals surface area contributed by atoms with Gasteiger partial charge in [0.05, 0.1) is 24.7 Å². The first-order chi connectivity index (χ1) is 9.96. The van der Waals surface area contributed by atoms with Crippen LogP contribution in [0.25, 0.3) is 0 Å². The van der Waals surface area contributed by atoms with Crippen LogP contribution in [0.3, 0.4) is 0 Å². The zero-order valence-electron chi connectivity index (χ0n) is 11.6. The molecular formula is C13H17NO5S2. The standard InChI is InChI=1S/C13H17NO5S2/c1-18-13(8-21(16,17)9-13)12(15)14-4-5-19-10(7-14)11-3-2-6-20-11/h2-3,6,10H,4-5,7-9H2,1H3. The van der Waals surface area contributed by atoms with Gasteiger partial charge in [-0.25, -0.2) is 8.42 Å². The highest BCUT2D eigenvalue weighted by molar-refractivity contribution is 7.93. The van der Waals surface area contributed by atoms with Gasteiger partial charge in [-0.2, -0.15) is 0 Å². The molecule has 0 spiro atoms. The minimum absolute atomic E-state index is 0.145. The second kappa shape index (κ2) is 5.35. The quantitative estimate of drug-likeness (QED) is 0.805. The van der Waals surface area contributed by atoms with E-state index in [0.29, 0.717) is 19.7 Å². The van der Waals surface area contributed by atoms with E-state index in [2.05, 4.69) is 0 Å². The van der Waals surface area contributed by atoms with Crippen LogP contribution in [0.1, 0.15) is 11.0 Å². The number of thiophene rings is 1. The molecule has 8 heteroatoms. The molecule has 0 aromatic carbocycles. The van der Waals surface area contributed by atoms with Crippen molar-refractivity contribution in [2.45, 2.75) is 11.7 Å². The van der Waals surface area contributed by atoms with E-state index >= 15 is 0 Å². The smallest absolute Gasteiger partial charge is 0.257 e. The first-order valence-electron chi connectivity index (χ1n) is 6.66. The molecule has 21 heavy (non-hydrogen) atoms. The monoisotopic (exact) mass is 331 g/mol. The van der Waals surface area contributed by atoms with Crippen molar-refractivity contribution >= 4 is 27.1 Å². The van der Waals surface area contributed by atoms with Crippen molar-refractivity contribution in [1.29, 1.82) is 0 Å². The molecule has 3 rings (SSSR count). The van der Waals surface area contributed by atoms with E-state index in [4.69, 9.17) is 9.47 Å². The van der Waals surface area contributed by atoms with Gasteiger partial charge >= 0.3 is 0 Å². The highest BCUT2D eigenvalue weighted by atomic mass is 32.2. The number of amides is 1. The van der Waals surface area contributed by atoms with E-state index < -0.39 is 15.4 Å². The van der Waals surface area contributed by atoms with Gasteiger partial charge in [0.1, 0.15) is 6.10 Å². The fourth-order valence-corrected chi connectivity index (χ4v) is 5.35. The topological polar surface area (TPSA) is 72.9 Å². The van der Waals surface area contributed by atoms with Gasteiger partial charge in [0, 0.05) is 18.5 Å². The maximum Gasteiger partial charge on any atom is 0.257 e. The molecule has 0 bridgehead atoms. The van der Waals surface area contributed by atoms with Crippen LogP contribution in [-0.2, 0) is 24.1 Å². The molecule has 1 unspecified atom stereocenters. The van der Waals surface area contributed by atoms with Crippen LogP contribution in [0.15, 0.2) is 17.5 Å². The molecule has 2 aliphatic rings. The van der Waals surface area contributed by atoms with Gasteiger partial charge in [-0.05, 0) is 11.4 Å². The van der Waals surface area contributed by atoms with Crippen molar-refractivity contribution in [1.82, 2.24) is 4.90 Å². The second-order valence-electron chi connectivity index (χ2n) is 5.36. The Morgan fingerprint density at radius 1 is 1.52 bits per heavy atom. The molecule has 3 heterocycles. The molecular weight excluding hydrogens is 314 g/mol. The molecule has 6 nitrogen and oxygen atoms in total. The number of hydrogen-bond acceptors (Lipinski definition) is 6. The summed E-state index contributed by atoms with van der Waals surface area (Å²) >= 11 is 1.59. The molecule has 0 radical (unpaired) electrons. The van der Waals surface area contributed by atoms with Gasteiger partial charge in [-0.1, -0.05) is 6.07 Å². The summed E-state index contributed by atoms with van der Waals surface area (Å²) in [7, 11) is -1.75. The van der Waals surface area contributed by atoms with Crippen molar-refractivity contribution < 1.29 is 22.7 Å². The number of methoxy groups -OCH3 is 1. The second-order valence-corrected chi connectivity index (χ2v) is 8.40. The molecule has 116 valence electrons. The summed E-state index contributed by atoms with van der Waals surface area (Å²) < 4.78 is 33.8. The third kappa shape index (κ3) is 2.73. The molecule has 0 aliphatic carbocycles. The number of hydrogen-bond donors (Lipinski definition) is 0. The summed E-state index contributed by atoms with van der Waals surface area (Å²) in [6.07, 6.45) is -0.145. The predicted octanol–water partition coefficient (Wildman–Crippen LogP) is 0.462. The van der Waals surface area contributed by atoms with E-state index in [1.807, 2.05) is 17.5 Å². The highest BCUT2D eigenvalue weighted by Crippen LogP contribution is 2.32. The van der Waals surface area contributed by atoms with E-state index in [0.717, 1.165) is 4.88 Å². The van der Waals surface area contributed by atoms with Gasteiger partial charge in [0.15, 0.2) is 15.4 Å². The number of carbonyl (C=O) groups is 1. The first kappa shape index (κ1) is 15.0. The van der Waals surface area contributed by atoms with Crippen molar-refractivity contribution in [3.8, 4) is 0 Å². The zero-order chi connectivity index (χ0) is 15.1. The van der Waals surface area contributed by atoms with Gasteiger partial charge < -0.3 is 14.4 Å². The van der Waals surface area contributed by atoms with E-state index in [-0.39, 0.29) is 23.5 Å². The Morgan fingerprint density at radius 2 is 2.29 bits per heavy atom. The van der Waals surface area contributed by atoms with Crippen molar-refractivity contribution in [3.05, 3.63) is 22.4 Å². The Labute approximate surface area is 127 Å². The summed E-state index contributed by atoms with van der Waals surface area (Å²) in [4.78, 5) is 15.3. The van der Waals surface area contributed by atoms with Crippen LogP contribution >= 0.6 is 11.3 Å².